The molecule has 4 nitrogen and oxygen atoms in total. The van der Waals surface area contributed by atoms with E-state index < -0.39 is 8.07 Å². The number of hydrogen-bond acceptors (Lipinski definition) is 1. The Bertz CT molecular complexity index is 3650. The van der Waals surface area contributed by atoms with Crippen LogP contribution in [0.15, 0.2) is 200 Å². The summed E-state index contributed by atoms with van der Waals surface area (Å²) >= 11 is 0. The van der Waals surface area contributed by atoms with E-state index in [1.165, 1.54) is 71.0 Å². The second-order valence-electron chi connectivity index (χ2n) is 22.9. The topological polar surface area (TPSA) is 17.8 Å². The van der Waals surface area contributed by atoms with Crippen LogP contribution in [0.5, 0.6) is 0 Å². The third-order valence-electron chi connectivity index (χ3n) is 15.4. The quantitative estimate of drug-likeness (QED) is 0.0487. The molecule has 0 aliphatic carbocycles. The fourth-order valence-electron chi connectivity index (χ4n) is 11.5. The molecule has 2 atom stereocenters. The van der Waals surface area contributed by atoms with Gasteiger partial charge in [-0.1, -0.05) is 195 Å². The van der Waals surface area contributed by atoms with E-state index in [4.69, 9.17) is 4.98 Å². The molecule has 72 heavy (non-hydrogen) atoms. The Balaban J connectivity index is 0.00000560. The molecule has 6 heteroatoms. The van der Waals surface area contributed by atoms with Gasteiger partial charge in [0.05, 0.1) is 0 Å². The molecule has 2 aliphatic heterocycles. The molecule has 1 saturated heterocycles. The van der Waals surface area contributed by atoms with E-state index in [-0.39, 0.29) is 37.3 Å². The van der Waals surface area contributed by atoms with Crippen molar-refractivity contribution in [2.75, 3.05) is 0 Å². The summed E-state index contributed by atoms with van der Waals surface area (Å²) < 4.78 is 3.57. The van der Waals surface area contributed by atoms with Gasteiger partial charge in [-0.3, -0.25) is 0 Å². The number of hydrogen-bond donors (Lipinski definition) is 0. The molecular formula is C66H61N4PtSi-. The molecule has 360 valence electrons. The summed E-state index contributed by atoms with van der Waals surface area (Å²) in [5, 5.41) is 7.29. The van der Waals surface area contributed by atoms with E-state index in [0.717, 1.165) is 27.9 Å². The molecule has 1 unspecified atom stereocenters. The van der Waals surface area contributed by atoms with Gasteiger partial charge in [0.2, 0.25) is 11.4 Å². The van der Waals surface area contributed by atoms with Crippen molar-refractivity contribution in [1.82, 2.24) is 18.7 Å². The van der Waals surface area contributed by atoms with Gasteiger partial charge in [0, 0.05) is 62.7 Å². The van der Waals surface area contributed by atoms with Gasteiger partial charge in [-0.05, 0) is 72.5 Å². The number of aromatic nitrogens is 2. The first-order chi connectivity index (χ1) is 34.0. The molecule has 12 rings (SSSR count). The summed E-state index contributed by atoms with van der Waals surface area (Å²) in [5.74, 6) is 0.891. The van der Waals surface area contributed by atoms with Gasteiger partial charge < -0.3 is 4.57 Å². The summed E-state index contributed by atoms with van der Waals surface area (Å²) in [7, 11) is -3.29. The third-order valence-corrected chi connectivity index (χ3v) is 20.0. The minimum absolute atomic E-state index is 0. The Labute approximate surface area is 441 Å². The van der Waals surface area contributed by atoms with Crippen molar-refractivity contribution in [2.24, 2.45) is 0 Å². The van der Waals surface area contributed by atoms with Gasteiger partial charge in [-0.15, -0.1) is 23.1 Å². The minimum Gasteiger partial charge on any atom is -0.319 e. The number of fused-ring (bicyclic) bond motifs is 7. The van der Waals surface area contributed by atoms with E-state index in [0.29, 0.717) is 9.18 Å². The molecule has 0 spiro atoms. The zero-order valence-corrected chi connectivity index (χ0v) is 46.0. The fraction of sp³-hybridized carbons (Fsp3) is 0.182. The van der Waals surface area contributed by atoms with Crippen LogP contribution < -0.4 is 29.9 Å². The average molecular weight is 1130 g/mol. The van der Waals surface area contributed by atoms with Crippen molar-refractivity contribution in [2.45, 2.75) is 78.6 Å². The van der Waals surface area contributed by atoms with Gasteiger partial charge in [0.25, 0.3) is 0 Å². The van der Waals surface area contributed by atoms with Gasteiger partial charge >= 0.3 is 0 Å². The Morgan fingerprint density at radius 3 is 1.71 bits per heavy atom. The average Bonchev–Trinajstić information content (AvgIpc) is 3.87. The molecule has 2 aliphatic rings. The SMILES string of the molecule is CC(C)(C)c1cc([N+]23[CH-][N@+]2(c2cccc(C(C)(C)C)c2)c2ccccc23)[c-]c([Si](c2[c-]c3c(cc2)c2cc(-c4ccccc4)ccc2n3-c2cc(C(C)(C)C)ccn2)(c2ccccc2)c2ccccc2)c1.[Pt]. The van der Waals surface area contributed by atoms with Crippen molar-refractivity contribution in [3.05, 3.63) is 236 Å². The van der Waals surface area contributed by atoms with Crippen molar-refractivity contribution < 1.29 is 21.1 Å². The molecule has 1 fully saturated rings. The zero-order valence-electron chi connectivity index (χ0n) is 42.7. The number of pyridine rings is 1. The van der Waals surface area contributed by atoms with Crippen LogP contribution in [-0.4, -0.2) is 17.6 Å². The second kappa shape index (κ2) is 17.1. The summed E-state index contributed by atoms with van der Waals surface area (Å²) in [4.78, 5) is 5.15. The Hall–Kier alpha value is -6.46. The van der Waals surface area contributed by atoms with E-state index in [1.54, 1.807) is 0 Å². The first kappa shape index (κ1) is 47.8. The monoisotopic (exact) mass is 1130 g/mol. The Morgan fingerprint density at radius 2 is 1.07 bits per heavy atom. The van der Waals surface area contributed by atoms with E-state index in [2.05, 4.69) is 280 Å². The van der Waals surface area contributed by atoms with E-state index in [9.17, 15) is 0 Å². The van der Waals surface area contributed by atoms with Crippen molar-refractivity contribution in [1.29, 1.82) is 0 Å². The van der Waals surface area contributed by atoms with Crippen LogP contribution in [0.1, 0.15) is 79.0 Å². The van der Waals surface area contributed by atoms with Gasteiger partial charge in [0.1, 0.15) is 13.9 Å². The predicted molar refractivity (Wildman–Crippen MR) is 301 cm³/mol. The van der Waals surface area contributed by atoms with Crippen molar-refractivity contribution in [3.8, 4) is 16.9 Å². The van der Waals surface area contributed by atoms with Gasteiger partial charge in [-0.2, -0.15) is 39.2 Å². The Morgan fingerprint density at radius 1 is 0.472 bits per heavy atom. The molecular weight excluding hydrogens is 1070 g/mol. The normalized spacial score (nSPS) is 17.5. The van der Waals surface area contributed by atoms with Crippen LogP contribution in [0.3, 0.4) is 0 Å². The largest absolute Gasteiger partial charge is 0.319 e. The number of nitrogens with zero attached hydrogens (tertiary/aromatic N) is 4. The number of para-hydroxylation sites is 2. The first-order valence-corrected chi connectivity index (χ1v) is 27.1. The maximum atomic E-state index is 5.15. The van der Waals surface area contributed by atoms with Crippen LogP contribution in [0, 0.1) is 18.8 Å². The molecule has 0 bridgehead atoms. The second-order valence-corrected chi connectivity index (χ2v) is 26.6. The fourth-order valence-corrected chi connectivity index (χ4v) is 16.1. The van der Waals surface area contributed by atoms with Crippen LogP contribution in [-0.2, 0) is 37.3 Å². The summed E-state index contributed by atoms with van der Waals surface area (Å²) in [5.41, 5.74) is 13.2. The maximum absolute atomic E-state index is 5.15. The molecule has 4 heterocycles. The molecule has 0 saturated carbocycles. The molecule has 2 aromatic heterocycles. The van der Waals surface area contributed by atoms with Crippen LogP contribution >= 0.6 is 0 Å². The van der Waals surface area contributed by atoms with Crippen LogP contribution in [0.2, 0.25) is 0 Å². The summed E-state index contributed by atoms with van der Waals surface area (Å²) in [6.45, 7) is 23.3. The van der Waals surface area contributed by atoms with E-state index >= 15 is 0 Å². The van der Waals surface area contributed by atoms with Gasteiger partial charge in [0.15, 0.2) is 12.4 Å². The molecule has 0 amide bonds. The van der Waals surface area contributed by atoms with Crippen molar-refractivity contribution >= 4 is 73.4 Å². The number of benzene rings is 8. The summed E-state index contributed by atoms with van der Waals surface area (Å²) in [6, 6.07) is 81.4. The third kappa shape index (κ3) is 7.22. The molecule has 0 radical (unpaired) electrons. The van der Waals surface area contributed by atoms with Crippen LogP contribution in [0.25, 0.3) is 38.8 Å². The zero-order chi connectivity index (χ0) is 49.1. The minimum atomic E-state index is -3.29. The predicted octanol–water partition coefficient (Wildman–Crippen LogP) is 14.1. The molecule has 0 N–H and O–H groups in total. The number of rotatable bonds is 8. The van der Waals surface area contributed by atoms with E-state index in [1.807, 2.05) is 6.20 Å². The Kier molecular flexibility index (Phi) is 11.3. The molecule has 8 aromatic carbocycles. The van der Waals surface area contributed by atoms with Gasteiger partial charge in [-0.25, -0.2) is 9.58 Å². The number of quaternary nitrogens is 2. The molecule has 10 aromatic rings. The van der Waals surface area contributed by atoms with Crippen LogP contribution in [0.4, 0.5) is 22.7 Å². The summed E-state index contributed by atoms with van der Waals surface area (Å²) in [6.07, 6.45) is 1.97. The van der Waals surface area contributed by atoms with Crippen molar-refractivity contribution in [3.63, 3.8) is 0 Å². The standard InChI is InChI=1S/C66H61N4Si.Pt/c1-64(2,3)48-24-21-25-51(39-48)69-45-70(69,62-31-20-19-30-61(62)69)52-40-50(66(7,8)9)41-56(43-52)71(53-26-15-11-16-27-53,54-28-17-12-18-29-54)55-33-34-57-58-38-47(46-22-13-10-14-23-46)32-35-59(58)68(60(57)44-55)63-42-49(36-37-67-63)65(4,5)6;/h10-42,45H,1-9H3;/q-1;/t69-,70?;/m0./s1. The maximum Gasteiger partial charge on any atom is 0.225 e. The smallest absolute Gasteiger partial charge is 0.225 e. The first-order valence-electron chi connectivity index (χ1n) is 25.1.